The molecule has 1 atom stereocenters. The molecule has 7 heteroatoms. The summed E-state index contributed by atoms with van der Waals surface area (Å²) in [6.45, 7) is 3.91. The first kappa shape index (κ1) is 16.6. The van der Waals surface area contributed by atoms with Crippen LogP contribution in [0.15, 0.2) is 18.2 Å². The normalized spacial score (nSPS) is 18.5. The number of rotatable bonds is 6. The summed E-state index contributed by atoms with van der Waals surface area (Å²) in [5, 5.41) is 2.83. The van der Waals surface area contributed by atoms with Gasteiger partial charge in [0.05, 0.1) is 6.10 Å². The Morgan fingerprint density at radius 3 is 2.88 bits per heavy atom. The largest absolute Gasteiger partial charge is 0.454 e. The Balaban J connectivity index is 1.48. The molecule has 2 aliphatic heterocycles. The van der Waals surface area contributed by atoms with Gasteiger partial charge in [0.1, 0.15) is 0 Å². The molecule has 1 fully saturated rings. The SMILES string of the molecule is CC(=O)N(CCNC(=O)c1ccc2c(c1)OCO2)CC1CCCO1. The van der Waals surface area contributed by atoms with Gasteiger partial charge >= 0.3 is 0 Å². The predicted octanol–water partition coefficient (Wildman–Crippen LogP) is 1.17. The molecule has 0 spiro atoms. The highest BCUT2D eigenvalue weighted by molar-refractivity contribution is 5.94. The Morgan fingerprint density at radius 1 is 1.29 bits per heavy atom. The molecule has 1 unspecified atom stereocenters. The number of carbonyl (C=O) groups is 2. The van der Waals surface area contributed by atoms with Crippen LogP contribution >= 0.6 is 0 Å². The maximum atomic E-state index is 12.2. The van der Waals surface area contributed by atoms with Crippen molar-refractivity contribution in [2.75, 3.05) is 33.0 Å². The lowest BCUT2D eigenvalue weighted by molar-refractivity contribution is -0.130. The van der Waals surface area contributed by atoms with E-state index in [2.05, 4.69) is 5.32 Å². The van der Waals surface area contributed by atoms with Crippen LogP contribution in [0.4, 0.5) is 0 Å². The van der Waals surface area contributed by atoms with Gasteiger partial charge < -0.3 is 24.4 Å². The van der Waals surface area contributed by atoms with Crippen molar-refractivity contribution in [1.82, 2.24) is 10.2 Å². The van der Waals surface area contributed by atoms with Crippen LogP contribution < -0.4 is 14.8 Å². The Morgan fingerprint density at radius 2 is 2.12 bits per heavy atom. The summed E-state index contributed by atoms with van der Waals surface area (Å²) in [6.07, 6.45) is 2.13. The molecule has 3 rings (SSSR count). The van der Waals surface area contributed by atoms with Gasteiger partial charge in [0.25, 0.3) is 5.91 Å². The van der Waals surface area contributed by atoms with Gasteiger partial charge in [0.2, 0.25) is 12.7 Å². The molecule has 0 aliphatic carbocycles. The van der Waals surface area contributed by atoms with Gasteiger partial charge in [-0.3, -0.25) is 9.59 Å². The van der Waals surface area contributed by atoms with Crippen LogP contribution in [0.25, 0.3) is 0 Å². The summed E-state index contributed by atoms with van der Waals surface area (Å²) >= 11 is 0. The summed E-state index contributed by atoms with van der Waals surface area (Å²) in [4.78, 5) is 25.7. The zero-order valence-corrected chi connectivity index (χ0v) is 13.7. The number of nitrogens with one attached hydrogen (secondary N) is 1. The maximum absolute atomic E-state index is 12.2. The first-order chi connectivity index (χ1) is 11.6. The molecule has 1 aromatic rings. The van der Waals surface area contributed by atoms with E-state index in [0.717, 1.165) is 19.4 Å². The first-order valence-electron chi connectivity index (χ1n) is 8.18. The summed E-state index contributed by atoms with van der Waals surface area (Å²) in [5.74, 6) is 1.01. The lowest BCUT2D eigenvalue weighted by Crippen LogP contribution is -2.41. The number of benzene rings is 1. The van der Waals surface area contributed by atoms with Gasteiger partial charge in [-0.05, 0) is 31.0 Å². The number of hydrogen-bond acceptors (Lipinski definition) is 5. The van der Waals surface area contributed by atoms with E-state index in [-0.39, 0.29) is 24.7 Å². The third-order valence-corrected chi connectivity index (χ3v) is 4.20. The minimum Gasteiger partial charge on any atom is -0.454 e. The van der Waals surface area contributed by atoms with Gasteiger partial charge in [-0.25, -0.2) is 0 Å². The van der Waals surface area contributed by atoms with Crippen LogP contribution in [-0.2, 0) is 9.53 Å². The molecule has 2 heterocycles. The average molecular weight is 334 g/mol. The smallest absolute Gasteiger partial charge is 0.251 e. The van der Waals surface area contributed by atoms with Crippen LogP contribution in [0.1, 0.15) is 30.1 Å². The topological polar surface area (TPSA) is 77.1 Å². The standard InChI is InChI=1S/C17H22N2O5/c1-12(20)19(10-14-3-2-8-22-14)7-6-18-17(21)13-4-5-15-16(9-13)24-11-23-15/h4-5,9,14H,2-3,6-8,10-11H2,1H3,(H,18,21). The second-order valence-electron chi connectivity index (χ2n) is 5.92. The van der Waals surface area contributed by atoms with Crippen molar-refractivity contribution in [3.63, 3.8) is 0 Å². The predicted molar refractivity (Wildman–Crippen MR) is 86.1 cm³/mol. The molecule has 0 radical (unpaired) electrons. The fourth-order valence-electron chi connectivity index (χ4n) is 2.86. The van der Waals surface area contributed by atoms with Crippen LogP contribution in [0, 0.1) is 0 Å². The molecule has 0 aromatic heterocycles. The summed E-state index contributed by atoms with van der Waals surface area (Å²) in [6, 6.07) is 5.07. The van der Waals surface area contributed by atoms with Crippen molar-refractivity contribution in [2.24, 2.45) is 0 Å². The van der Waals surface area contributed by atoms with E-state index in [4.69, 9.17) is 14.2 Å². The highest BCUT2D eigenvalue weighted by atomic mass is 16.7. The first-order valence-corrected chi connectivity index (χ1v) is 8.18. The molecular formula is C17H22N2O5. The number of carbonyl (C=O) groups excluding carboxylic acids is 2. The van der Waals surface area contributed by atoms with E-state index in [0.29, 0.717) is 36.7 Å². The van der Waals surface area contributed by atoms with Crippen molar-refractivity contribution in [3.8, 4) is 11.5 Å². The highest BCUT2D eigenvalue weighted by Gasteiger charge is 2.21. The fraction of sp³-hybridized carbons (Fsp3) is 0.529. The Hall–Kier alpha value is -2.28. The third-order valence-electron chi connectivity index (χ3n) is 4.20. The van der Waals surface area contributed by atoms with Crippen LogP contribution in [0.3, 0.4) is 0 Å². The molecule has 1 saturated heterocycles. The zero-order chi connectivity index (χ0) is 16.9. The van der Waals surface area contributed by atoms with Crippen molar-refractivity contribution < 1.29 is 23.8 Å². The van der Waals surface area contributed by atoms with E-state index in [1.54, 1.807) is 23.1 Å². The molecule has 0 bridgehead atoms. The summed E-state index contributed by atoms with van der Waals surface area (Å²) in [5.41, 5.74) is 0.507. The lowest BCUT2D eigenvalue weighted by Gasteiger charge is -2.24. The van der Waals surface area contributed by atoms with E-state index < -0.39 is 0 Å². The van der Waals surface area contributed by atoms with E-state index >= 15 is 0 Å². The summed E-state index contributed by atoms with van der Waals surface area (Å²) < 4.78 is 16.1. The van der Waals surface area contributed by atoms with Gasteiger partial charge in [0, 0.05) is 38.7 Å². The van der Waals surface area contributed by atoms with Crippen LogP contribution in [0.2, 0.25) is 0 Å². The second-order valence-corrected chi connectivity index (χ2v) is 5.92. The Kier molecular flexibility index (Phi) is 5.20. The number of ether oxygens (including phenoxy) is 3. The third kappa shape index (κ3) is 3.97. The molecule has 130 valence electrons. The van der Waals surface area contributed by atoms with Gasteiger partial charge in [-0.2, -0.15) is 0 Å². The van der Waals surface area contributed by atoms with Crippen LogP contribution in [0.5, 0.6) is 11.5 Å². The monoisotopic (exact) mass is 334 g/mol. The average Bonchev–Trinajstić information content (AvgIpc) is 3.24. The molecule has 2 aliphatic rings. The quantitative estimate of drug-likeness (QED) is 0.845. The highest BCUT2D eigenvalue weighted by Crippen LogP contribution is 2.32. The maximum Gasteiger partial charge on any atom is 0.251 e. The number of nitrogens with zero attached hydrogens (tertiary/aromatic N) is 1. The number of amides is 2. The van der Waals surface area contributed by atoms with Crippen molar-refractivity contribution >= 4 is 11.8 Å². The van der Waals surface area contributed by atoms with Crippen molar-refractivity contribution in [2.45, 2.75) is 25.9 Å². The van der Waals surface area contributed by atoms with Gasteiger partial charge in [-0.15, -0.1) is 0 Å². The van der Waals surface area contributed by atoms with E-state index in [9.17, 15) is 9.59 Å². The molecule has 0 saturated carbocycles. The molecule has 7 nitrogen and oxygen atoms in total. The van der Waals surface area contributed by atoms with Gasteiger partial charge in [-0.1, -0.05) is 0 Å². The van der Waals surface area contributed by atoms with Crippen molar-refractivity contribution in [3.05, 3.63) is 23.8 Å². The Bertz CT molecular complexity index is 613. The zero-order valence-electron chi connectivity index (χ0n) is 13.7. The van der Waals surface area contributed by atoms with Gasteiger partial charge in [0.15, 0.2) is 11.5 Å². The molecule has 2 amide bonds. The minimum absolute atomic E-state index is 0.0113. The molecular weight excluding hydrogens is 312 g/mol. The Labute approximate surface area is 140 Å². The molecule has 1 N–H and O–H groups in total. The fourth-order valence-corrected chi connectivity index (χ4v) is 2.86. The second kappa shape index (κ2) is 7.53. The number of hydrogen-bond donors (Lipinski definition) is 1. The summed E-state index contributed by atoms with van der Waals surface area (Å²) in [7, 11) is 0. The van der Waals surface area contributed by atoms with Crippen molar-refractivity contribution in [1.29, 1.82) is 0 Å². The number of fused-ring (bicyclic) bond motifs is 1. The molecule has 1 aromatic carbocycles. The van der Waals surface area contributed by atoms with E-state index in [1.165, 1.54) is 6.92 Å². The lowest BCUT2D eigenvalue weighted by atomic mass is 10.2. The van der Waals surface area contributed by atoms with E-state index in [1.807, 2.05) is 0 Å². The van der Waals surface area contributed by atoms with Crippen LogP contribution in [-0.4, -0.2) is 55.9 Å². The minimum atomic E-state index is -0.200. The molecule has 24 heavy (non-hydrogen) atoms.